The Morgan fingerprint density at radius 2 is 1.78 bits per heavy atom. The first-order valence-electron chi connectivity index (χ1n) is 7.13. The van der Waals surface area contributed by atoms with Crippen LogP contribution in [-0.2, 0) is 6.54 Å². The summed E-state index contributed by atoms with van der Waals surface area (Å²) in [7, 11) is 2.23. The second-order valence-corrected chi connectivity index (χ2v) is 5.90. The van der Waals surface area contributed by atoms with E-state index < -0.39 is 0 Å². The van der Waals surface area contributed by atoms with Gasteiger partial charge in [-0.2, -0.15) is 0 Å². The molecule has 0 bridgehead atoms. The van der Waals surface area contributed by atoms with E-state index in [1.54, 1.807) is 0 Å². The van der Waals surface area contributed by atoms with Crippen molar-refractivity contribution in [2.75, 3.05) is 11.9 Å². The van der Waals surface area contributed by atoms with E-state index >= 15 is 0 Å². The number of anilines is 1. The molecule has 1 aromatic rings. The van der Waals surface area contributed by atoms with Crippen molar-refractivity contribution in [1.29, 1.82) is 0 Å². The van der Waals surface area contributed by atoms with E-state index in [-0.39, 0.29) is 0 Å². The molecule has 1 fully saturated rings. The first kappa shape index (κ1) is 13.4. The van der Waals surface area contributed by atoms with Crippen molar-refractivity contribution in [2.45, 2.75) is 45.7 Å². The first-order chi connectivity index (χ1) is 8.61. The Kier molecular flexibility index (Phi) is 4.28. The van der Waals surface area contributed by atoms with Gasteiger partial charge in [0.25, 0.3) is 0 Å². The van der Waals surface area contributed by atoms with Gasteiger partial charge < -0.3 is 10.6 Å². The monoisotopic (exact) mass is 246 g/mol. The van der Waals surface area contributed by atoms with Gasteiger partial charge in [0.15, 0.2) is 0 Å². The Hall–Kier alpha value is -1.02. The van der Waals surface area contributed by atoms with Crippen LogP contribution in [0.4, 0.5) is 5.69 Å². The molecule has 0 radical (unpaired) electrons. The molecule has 1 aromatic carbocycles. The molecule has 0 heterocycles. The number of hydrogen-bond donors (Lipinski definition) is 1. The fourth-order valence-electron chi connectivity index (χ4n) is 2.95. The molecule has 1 aliphatic carbocycles. The average Bonchev–Trinajstić information content (AvgIpc) is 2.41. The lowest BCUT2D eigenvalue weighted by Gasteiger charge is -2.38. The van der Waals surface area contributed by atoms with Crippen LogP contribution in [0.25, 0.3) is 0 Å². The number of nitrogens with zero attached hydrogens (tertiary/aromatic N) is 1. The zero-order chi connectivity index (χ0) is 13.1. The highest BCUT2D eigenvalue weighted by Crippen LogP contribution is 2.33. The predicted molar refractivity (Wildman–Crippen MR) is 78.7 cm³/mol. The second-order valence-electron chi connectivity index (χ2n) is 5.90. The molecule has 0 aromatic heterocycles. The molecule has 3 atom stereocenters. The molecular formula is C16H26N2. The molecule has 2 nitrogen and oxygen atoms in total. The van der Waals surface area contributed by atoms with E-state index in [9.17, 15) is 0 Å². The largest absolute Gasteiger partial charge is 0.372 e. The Morgan fingerprint density at radius 1 is 1.11 bits per heavy atom. The summed E-state index contributed by atoms with van der Waals surface area (Å²) in [6.45, 7) is 5.40. The van der Waals surface area contributed by atoms with Gasteiger partial charge in [-0.05, 0) is 48.8 Å². The fourth-order valence-corrected chi connectivity index (χ4v) is 2.95. The highest BCUT2D eigenvalue weighted by Gasteiger charge is 2.27. The van der Waals surface area contributed by atoms with Crippen molar-refractivity contribution in [2.24, 2.45) is 17.6 Å². The third-order valence-electron chi connectivity index (χ3n) is 4.70. The quantitative estimate of drug-likeness (QED) is 0.885. The maximum absolute atomic E-state index is 5.64. The maximum Gasteiger partial charge on any atom is 0.0366 e. The smallest absolute Gasteiger partial charge is 0.0366 e. The van der Waals surface area contributed by atoms with Gasteiger partial charge in [0.1, 0.15) is 0 Å². The van der Waals surface area contributed by atoms with E-state index in [0.717, 1.165) is 11.8 Å². The molecule has 2 rings (SSSR count). The van der Waals surface area contributed by atoms with Crippen molar-refractivity contribution >= 4 is 5.69 Å². The Bertz CT molecular complexity index is 371. The van der Waals surface area contributed by atoms with Crippen LogP contribution in [-0.4, -0.2) is 13.1 Å². The number of hydrogen-bond acceptors (Lipinski definition) is 2. The van der Waals surface area contributed by atoms with Crippen LogP contribution in [0, 0.1) is 11.8 Å². The molecule has 0 spiro atoms. The fraction of sp³-hybridized carbons (Fsp3) is 0.625. The summed E-state index contributed by atoms with van der Waals surface area (Å²) >= 11 is 0. The molecule has 3 unspecified atom stereocenters. The Morgan fingerprint density at radius 3 is 2.33 bits per heavy atom. The van der Waals surface area contributed by atoms with Crippen LogP contribution in [0.2, 0.25) is 0 Å². The Balaban J connectivity index is 2.03. The van der Waals surface area contributed by atoms with Crippen LogP contribution in [0.3, 0.4) is 0 Å². The second kappa shape index (κ2) is 5.75. The number of nitrogens with two attached hydrogens (primary N) is 1. The van der Waals surface area contributed by atoms with E-state index in [4.69, 9.17) is 5.73 Å². The summed E-state index contributed by atoms with van der Waals surface area (Å²) in [6, 6.07) is 9.37. The lowest BCUT2D eigenvalue weighted by Crippen LogP contribution is -2.37. The van der Waals surface area contributed by atoms with E-state index in [2.05, 4.69) is 50.1 Å². The summed E-state index contributed by atoms with van der Waals surface area (Å²) in [6.07, 6.45) is 3.99. The molecule has 0 amide bonds. The zero-order valence-corrected chi connectivity index (χ0v) is 11.9. The van der Waals surface area contributed by atoms with Gasteiger partial charge in [0.05, 0.1) is 0 Å². The van der Waals surface area contributed by atoms with E-state index in [1.807, 2.05) is 0 Å². The predicted octanol–water partition coefficient (Wildman–Crippen LogP) is 3.41. The maximum atomic E-state index is 5.64. The van der Waals surface area contributed by atoms with Gasteiger partial charge in [-0.15, -0.1) is 0 Å². The van der Waals surface area contributed by atoms with Crippen molar-refractivity contribution in [1.82, 2.24) is 0 Å². The van der Waals surface area contributed by atoms with Crippen molar-refractivity contribution in [3.8, 4) is 0 Å². The van der Waals surface area contributed by atoms with Gasteiger partial charge in [-0.3, -0.25) is 0 Å². The molecule has 1 saturated carbocycles. The average molecular weight is 246 g/mol. The molecule has 18 heavy (non-hydrogen) atoms. The number of rotatable bonds is 3. The highest BCUT2D eigenvalue weighted by atomic mass is 15.1. The van der Waals surface area contributed by atoms with Crippen LogP contribution in [0.15, 0.2) is 24.3 Å². The lowest BCUT2D eigenvalue weighted by molar-refractivity contribution is 0.247. The van der Waals surface area contributed by atoms with Crippen molar-refractivity contribution in [3.63, 3.8) is 0 Å². The topological polar surface area (TPSA) is 29.3 Å². The molecular weight excluding hydrogens is 220 g/mol. The zero-order valence-electron chi connectivity index (χ0n) is 11.9. The van der Waals surface area contributed by atoms with Gasteiger partial charge in [-0.1, -0.05) is 26.0 Å². The van der Waals surface area contributed by atoms with Crippen molar-refractivity contribution < 1.29 is 0 Å². The third-order valence-corrected chi connectivity index (χ3v) is 4.70. The summed E-state index contributed by atoms with van der Waals surface area (Å²) < 4.78 is 0. The summed E-state index contributed by atoms with van der Waals surface area (Å²) in [4.78, 5) is 2.45. The molecule has 1 aliphatic rings. The van der Waals surface area contributed by atoms with Crippen LogP contribution >= 0.6 is 0 Å². The summed E-state index contributed by atoms with van der Waals surface area (Å²) in [5.74, 6) is 1.73. The van der Waals surface area contributed by atoms with Gasteiger partial charge in [0, 0.05) is 25.3 Å². The SMILES string of the molecule is CC1CCC(N(C)c2ccc(CN)cc2)CC1C. The minimum Gasteiger partial charge on any atom is -0.372 e. The van der Waals surface area contributed by atoms with Gasteiger partial charge in [0.2, 0.25) is 0 Å². The van der Waals surface area contributed by atoms with Crippen molar-refractivity contribution in [3.05, 3.63) is 29.8 Å². The first-order valence-corrected chi connectivity index (χ1v) is 7.13. The van der Waals surface area contributed by atoms with Crippen LogP contribution < -0.4 is 10.6 Å². The summed E-state index contributed by atoms with van der Waals surface area (Å²) in [5, 5.41) is 0. The minimum absolute atomic E-state index is 0.627. The lowest BCUT2D eigenvalue weighted by atomic mass is 9.78. The minimum atomic E-state index is 0.627. The standard InChI is InChI=1S/C16H26N2/c1-12-4-7-16(10-13(12)2)18(3)15-8-5-14(11-17)6-9-15/h5-6,8-9,12-13,16H,4,7,10-11,17H2,1-3H3. The normalized spacial score (nSPS) is 28.1. The molecule has 0 aliphatic heterocycles. The van der Waals surface area contributed by atoms with Crippen LogP contribution in [0.5, 0.6) is 0 Å². The van der Waals surface area contributed by atoms with Crippen LogP contribution in [0.1, 0.15) is 38.7 Å². The Labute approximate surface area is 111 Å². The van der Waals surface area contributed by atoms with Gasteiger partial charge in [-0.25, -0.2) is 0 Å². The molecule has 0 saturated heterocycles. The van der Waals surface area contributed by atoms with E-state index in [0.29, 0.717) is 12.6 Å². The van der Waals surface area contributed by atoms with Gasteiger partial charge >= 0.3 is 0 Å². The third kappa shape index (κ3) is 2.86. The molecule has 100 valence electrons. The van der Waals surface area contributed by atoms with E-state index in [1.165, 1.54) is 30.5 Å². The molecule has 2 heteroatoms. The number of benzene rings is 1. The summed E-state index contributed by atoms with van der Waals surface area (Å²) in [5.41, 5.74) is 8.16. The highest BCUT2D eigenvalue weighted by molar-refractivity contribution is 5.47. The molecule has 2 N–H and O–H groups in total.